The molecule has 0 saturated carbocycles. The maximum Gasteiger partial charge on any atom is 0.407 e. The molecule has 1 rings (SSSR count). The highest BCUT2D eigenvalue weighted by Gasteiger charge is 2.21. The molecule has 5 nitrogen and oxygen atoms in total. The van der Waals surface area contributed by atoms with Gasteiger partial charge in [-0.2, -0.15) is 0 Å². The highest BCUT2D eigenvalue weighted by molar-refractivity contribution is 5.71. The van der Waals surface area contributed by atoms with Gasteiger partial charge >= 0.3 is 12.1 Å². The number of nitrogens with one attached hydrogen (secondary N) is 1. The van der Waals surface area contributed by atoms with Crippen LogP contribution in [-0.2, 0) is 16.0 Å². The van der Waals surface area contributed by atoms with Gasteiger partial charge in [-0.05, 0) is 39.2 Å². The molecule has 1 aromatic rings. The van der Waals surface area contributed by atoms with Crippen LogP contribution in [0.25, 0.3) is 0 Å². The summed E-state index contributed by atoms with van der Waals surface area (Å²) in [5.74, 6) is -0.941. The highest BCUT2D eigenvalue weighted by Crippen LogP contribution is 2.10. The minimum Gasteiger partial charge on any atom is -0.481 e. The molecule has 1 unspecified atom stereocenters. The third-order valence-electron chi connectivity index (χ3n) is 2.77. The van der Waals surface area contributed by atoms with Gasteiger partial charge in [-0.1, -0.05) is 30.3 Å². The van der Waals surface area contributed by atoms with E-state index in [1.165, 1.54) is 0 Å². The summed E-state index contributed by atoms with van der Waals surface area (Å²) in [5.41, 5.74) is 0.510. The van der Waals surface area contributed by atoms with E-state index < -0.39 is 23.7 Å². The van der Waals surface area contributed by atoms with Gasteiger partial charge in [-0.15, -0.1) is 0 Å². The van der Waals surface area contributed by atoms with Crippen molar-refractivity contribution in [3.63, 3.8) is 0 Å². The fourth-order valence-corrected chi connectivity index (χ4v) is 1.90. The lowest BCUT2D eigenvalue weighted by Crippen LogP contribution is -2.40. The van der Waals surface area contributed by atoms with E-state index in [9.17, 15) is 9.59 Å². The first-order valence-corrected chi connectivity index (χ1v) is 7.01. The quantitative estimate of drug-likeness (QED) is 0.845. The third kappa shape index (κ3) is 7.97. The van der Waals surface area contributed by atoms with E-state index in [0.717, 1.165) is 5.56 Å². The van der Waals surface area contributed by atoms with Crippen molar-refractivity contribution in [3.05, 3.63) is 35.9 Å². The van der Waals surface area contributed by atoms with Gasteiger partial charge in [-0.3, -0.25) is 4.79 Å². The van der Waals surface area contributed by atoms with Crippen molar-refractivity contribution in [2.24, 2.45) is 0 Å². The van der Waals surface area contributed by atoms with Crippen LogP contribution in [0.2, 0.25) is 0 Å². The fraction of sp³-hybridized carbons (Fsp3) is 0.500. The van der Waals surface area contributed by atoms with Gasteiger partial charge in [0.2, 0.25) is 0 Å². The Morgan fingerprint density at radius 3 is 2.38 bits per heavy atom. The molecule has 0 aliphatic heterocycles. The average molecular weight is 293 g/mol. The van der Waals surface area contributed by atoms with E-state index in [2.05, 4.69) is 5.32 Å². The molecule has 2 N–H and O–H groups in total. The van der Waals surface area contributed by atoms with E-state index in [1.807, 2.05) is 30.3 Å². The second-order valence-electron chi connectivity index (χ2n) is 5.97. The number of carbonyl (C=O) groups is 2. The van der Waals surface area contributed by atoms with Crippen LogP contribution in [0.1, 0.15) is 39.2 Å². The molecule has 21 heavy (non-hydrogen) atoms. The second-order valence-corrected chi connectivity index (χ2v) is 5.97. The molecule has 0 bridgehead atoms. The maximum atomic E-state index is 11.7. The van der Waals surface area contributed by atoms with Crippen molar-refractivity contribution in [2.45, 2.75) is 51.7 Å². The predicted molar refractivity (Wildman–Crippen MR) is 80.2 cm³/mol. The van der Waals surface area contributed by atoms with E-state index >= 15 is 0 Å². The van der Waals surface area contributed by atoms with E-state index in [1.54, 1.807) is 20.8 Å². The van der Waals surface area contributed by atoms with Crippen LogP contribution in [0.15, 0.2) is 30.3 Å². The molecule has 0 spiro atoms. The molecular weight excluding hydrogens is 270 g/mol. The molecule has 1 atom stereocenters. The number of alkyl carbamates (subject to hydrolysis) is 1. The summed E-state index contributed by atoms with van der Waals surface area (Å²) < 4.78 is 5.16. The summed E-state index contributed by atoms with van der Waals surface area (Å²) in [6.45, 7) is 5.30. The first-order valence-electron chi connectivity index (χ1n) is 7.01. The van der Waals surface area contributed by atoms with Crippen LogP contribution in [-0.4, -0.2) is 28.8 Å². The molecule has 0 radical (unpaired) electrons. The Hall–Kier alpha value is -2.04. The van der Waals surface area contributed by atoms with Gasteiger partial charge in [0.15, 0.2) is 0 Å². The maximum absolute atomic E-state index is 11.7. The van der Waals surface area contributed by atoms with Crippen LogP contribution >= 0.6 is 0 Å². The molecule has 0 aliphatic rings. The number of hydrogen-bond acceptors (Lipinski definition) is 3. The largest absolute Gasteiger partial charge is 0.481 e. The van der Waals surface area contributed by atoms with Crippen LogP contribution in [0.3, 0.4) is 0 Å². The Morgan fingerprint density at radius 2 is 1.86 bits per heavy atom. The van der Waals surface area contributed by atoms with E-state index in [0.29, 0.717) is 12.8 Å². The van der Waals surface area contributed by atoms with Gasteiger partial charge in [0, 0.05) is 6.04 Å². The summed E-state index contributed by atoms with van der Waals surface area (Å²) >= 11 is 0. The second kappa shape index (κ2) is 7.67. The number of aliphatic carboxylic acids is 1. The highest BCUT2D eigenvalue weighted by atomic mass is 16.6. The zero-order valence-electron chi connectivity index (χ0n) is 12.8. The molecule has 0 saturated heterocycles. The topological polar surface area (TPSA) is 75.6 Å². The zero-order chi connectivity index (χ0) is 15.9. The summed E-state index contributed by atoms with van der Waals surface area (Å²) in [5, 5.41) is 11.6. The molecule has 1 aromatic carbocycles. The summed E-state index contributed by atoms with van der Waals surface area (Å²) in [7, 11) is 0. The first kappa shape index (κ1) is 17.0. The normalized spacial score (nSPS) is 12.5. The van der Waals surface area contributed by atoms with Crippen LogP contribution < -0.4 is 5.32 Å². The summed E-state index contributed by atoms with van der Waals surface area (Å²) in [6.07, 6.45) is 0.553. The number of aryl methyl sites for hydroxylation is 1. The van der Waals surface area contributed by atoms with E-state index in [4.69, 9.17) is 9.84 Å². The number of benzene rings is 1. The fourth-order valence-electron chi connectivity index (χ4n) is 1.90. The number of amides is 1. The number of ether oxygens (including phenoxy) is 1. The molecule has 0 fully saturated rings. The first-order chi connectivity index (χ1) is 9.76. The molecular formula is C16H23NO4. The van der Waals surface area contributed by atoms with Crippen molar-refractivity contribution < 1.29 is 19.4 Å². The number of carbonyl (C=O) groups excluding carboxylic acids is 1. The Bertz CT molecular complexity index is 465. The van der Waals surface area contributed by atoms with Crippen LogP contribution in [0.5, 0.6) is 0 Å². The molecule has 0 heterocycles. The Labute approximate surface area is 125 Å². The Balaban J connectivity index is 2.55. The molecule has 1 amide bonds. The van der Waals surface area contributed by atoms with Crippen molar-refractivity contribution >= 4 is 12.1 Å². The van der Waals surface area contributed by atoms with Crippen molar-refractivity contribution in [1.82, 2.24) is 5.32 Å². The standard InChI is InChI=1S/C16H23NO4/c1-16(2,3)21-15(20)17-13(11-14(18)19)10-9-12-7-5-4-6-8-12/h4-8,13H,9-11H2,1-3H3,(H,17,20)(H,18,19). The van der Waals surface area contributed by atoms with Crippen LogP contribution in [0.4, 0.5) is 4.79 Å². The monoisotopic (exact) mass is 293 g/mol. The molecule has 0 aromatic heterocycles. The minimum atomic E-state index is -0.941. The van der Waals surface area contributed by atoms with Gasteiger partial charge < -0.3 is 15.2 Å². The van der Waals surface area contributed by atoms with Gasteiger partial charge in [-0.25, -0.2) is 4.79 Å². The summed E-state index contributed by atoms with van der Waals surface area (Å²) in [6, 6.07) is 9.30. The lowest BCUT2D eigenvalue weighted by molar-refractivity contribution is -0.137. The lowest BCUT2D eigenvalue weighted by atomic mass is 10.0. The average Bonchev–Trinajstić information content (AvgIpc) is 2.34. The third-order valence-corrected chi connectivity index (χ3v) is 2.77. The van der Waals surface area contributed by atoms with Crippen molar-refractivity contribution in [2.75, 3.05) is 0 Å². The smallest absolute Gasteiger partial charge is 0.407 e. The molecule has 0 aliphatic carbocycles. The van der Waals surface area contributed by atoms with Gasteiger partial charge in [0.05, 0.1) is 6.42 Å². The minimum absolute atomic E-state index is 0.119. The van der Waals surface area contributed by atoms with E-state index in [-0.39, 0.29) is 6.42 Å². The van der Waals surface area contributed by atoms with Gasteiger partial charge in [0.1, 0.15) is 5.60 Å². The number of hydrogen-bond donors (Lipinski definition) is 2. The predicted octanol–water partition coefficient (Wildman–Crippen LogP) is 2.99. The summed E-state index contributed by atoms with van der Waals surface area (Å²) in [4.78, 5) is 22.6. The number of carboxylic acids is 1. The Kier molecular flexibility index (Phi) is 6.21. The van der Waals surface area contributed by atoms with Gasteiger partial charge in [0.25, 0.3) is 0 Å². The van der Waals surface area contributed by atoms with Crippen LogP contribution in [0, 0.1) is 0 Å². The van der Waals surface area contributed by atoms with Crippen molar-refractivity contribution in [1.29, 1.82) is 0 Å². The lowest BCUT2D eigenvalue weighted by Gasteiger charge is -2.23. The number of rotatable bonds is 6. The van der Waals surface area contributed by atoms with Crippen molar-refractivity contribution in [3.8, 4) is 0 Å². The Morgan fingerprint density at radius 1 is 1.24 bits per heavy atom. The molecule has 116 valence electrons. The molecule has 5 heteroatoms. The SMILES string of the molecule is CC(C)(C)OC(=O)NC(CCc1ccccc1)CC(=O)O. The zero-order valence-corrected chi connectivity index (χ0v) is 12.8. The number of carboxylic acid groups (broad SMARTS) is 1.